The molecule has 3 nitrogen and oxygen atoms in total. The van der Waals surface area contributed by atoms with Crippen molar-refractivity contribution >= 4 is 5.91 Å². The molecular formula is C14H15F4NO2. The van der Waals surface area contributed by atoms with Crippen LogP contribution < -0.4 is 5.32 Å². The maximum absolute atomic E-state index is 13.0. The summed E-state index contributed by atoms with van der Waals surface area (Å²) in [6.07, 6.45) is -3.20. The number of nitrogens with one attached hydrogen (secondary N) is 1. The van der Waals surface area contributed by atoms with Crippen LogP contribution in [0.2, 0.25) is 0 Å². The van der Waals surface area contributed by atoms with Gasteiger partial charge in [-0.15, -0.1) is 0 Å². The largest absolute Gasteiger partial charge is 0.417 e. The highest BCUT2D eigenvalue weighted by molar-refractivity contribution is 5.96. The van der Waals surface area contributed by atoms with Gasteiger partial charge in [-0.05, 0) is 43.9 Å². The van der Waals surface area contributed by atoms with E-state index in [2.05, 4.69) is 5.32 Å². The maximum Gasteiger partial charge on any atom is 0.417 e. The number of alkyl halides is 3. The summed E-state index contributed by atoms with van der Waals surface area (Å²) in [6.45, 7) is 0. The van der Waals surface area contributed by atoms with Crippen LogP contribution in [0.1, 0.15) is 41.6 Å². The Bertz CT molecular complexity index is 522. The van der Waals surface area contributed by atoms with Gasteiger partial charge in [0.25, 0.3) is 5.91 Å². The molecule has 1 fully saturated rings. The van der Waals surface area contributed by atoms with Gasteiger partial charge in [-0.3, -0.25) is 4.79 Å². The van der Waals surface area contributed by atoms with Gasteiger partial charge in [0.05, 0.1) is 17.2 Å². The normalized spacial score (nSPS) is 22.9. The molecule has 0 saturated heterocycles. The van der Waals surface area contributed by atoms with Gasteiger partial charge in [0.15, 0.2) is 0 Å². The molecule has 1 aromatic rings. The summed E-state index contributed by atoms with van der Waals surface area (Å²) in [5, 5.41) is 11.9. The molecular weight excluding hydrogens is 290 g/mol. The zero-order valence-electron chi connectivity index (χ0n) is 11.1. The fourth-order valence-electron chi connectivity index (χ4n) is 2.43. The van der Waals surface area contributed by atoms with Crippen LogP contribution in [0.25, 0.3) is 0 Å². The van der Waals surface area contributed by atoms with Crippen LogP contribution >= 0.6 is 0 Å². The number of carbonyl (C=O) groups is 1. The second-order valence-corrected chi connectivity index (χ2v) is 5.17. The number of carbonyl (C=O) groups excluding carboxylic acids is 1. The Morgan fingerprint density at radius 2 is 1.81 bits per heavy atom. The summed E-state index contributed by atoms with van der Waals surface area (Å²) in [7, 11) is 0. The third-order valence-electron chi connectivity index (χ3n) is 3.56. The van der Waals surface area contributed by atoms with Crippen LogP contribution in [0, 0.1) is 5.82 Å². The van der Waals surface area contributed by atoms with E-state index >= 15 is 0 Å². The Labute approximate surface area is 119 Å². The Morgan fingerprint density at radius 1 is 1.19 bits per heavy atom. The van der Waals surface area contributed by atoms with E-state index in [1.807, 2.05) is 0 Å². The maximum atomic E-state index is 13.0. The summed E-state index contributed by atoms with van der Waals surface area (Å²) in [5.41, 5.74) is -1.87. The number of rotatable bonds is 2. The first-order valence-electron chi connectivity index (χ1n) is 6.63. The summed E-state index contributed by atoms with van der Waals surface area (Å²) >= 11 is 0. The van der Waals surface area contributed by atoms with Crippen LogP contribution in [0.3, 0.4) is 0 Å². The number of hydrogen-bond acceptors (Lipinski definition) is 2. The van der Waals surface area contributed by atoms with Crippen molar-refractivity contribution in [3.63, 3.8) is 0 Å². The van der Waals surface area contributed by atoms with Gasteiger partial charge in [0, 0.05) is 6.04 Å². The lowest BCUT2D eigenvalue weighted by Crippen LogP contribution is -2.39. The second kappa shape index (κ2) is 6.01. The molecule has 1 aliphatic carbocycles. The van der Waals surface area contributed by atoms with Crippen molar-refractivity contribution in [3.05, 3.63) is 35.1 Å². The molecule has 0 spiro atoms. The lowest BCUT2D eigenvalue weighted by atomic mass is 9.93. The molecule has 1 aromatic carbocycles. The van der Waals surface area contributed by atoms with E-state index in [1.54, 1.807) is 0 Å². The number of halogens is 4. The van der Waals surface area contributed by atoms with Crippen molar-refractivity contribution in [3.8, 4) is 0 Å². The molecule has 0 heterocycles. The monoisotopic (exact) mass is 305 g/mol. The number of hydrogen-bond donors (Lipinski definition) is 2. The van der Waals surface area contributed by atoms with Crippen molar-refractivity contribution in [2.75, 3.05) is 0 Å². The molecule has 2 N–H and O–H groups in total. The minimum atomic E-state index is -4.79. The van der Waals surface area contributed by atoms with E-state index in [4.69, 9.17) is 0 Å². The summed E-state index contributed by atoms with van der Waals surface area (Å²) in [4.78, 5) is 12.0. The first kappa shape index (κ1) is 15.8. The van der Waals surface area contributed by atoms with E-state index in [-0.39, 0.29) is 6.04 Å². The molecule has 0 aromatic heterocycles. The fraction of sp³-hybridized carbons (Fsp3) is 0.500. The molecule has 1 aliphatic rings. The highest BCUT2D eigenvalue weighted by atomic mass is 19.4. The molecule has 116 valence electrons. The standard InChI is InChI=1S/C14H15F4NO2/c15-8-1-6-11(12(7-8)14(16,17)18)13(21)19-9-2-4-10(20)5-3-9/h1,6-7,9-10,20H,2-5H2,(H,19,21). The molecule has 21 heavy (non-hydrogen) atoms. The van der Waals surface area contributed by atoms with Crippen molar-refractivity contribution in [2.24, 2.45) is 0 Å². The quantitative estimate of drug-likeness (QED) is 0.826. The van der Waals surface area contributed by atoms with Crippen LogP contribution in [-0.4, -0.2) is 23.2 Å². The lowest BCUT2D eigenvalue weighted by molar-refractivity contribution is -0.138. The first-order chi connectivity index (χ1) is 9.77. The van der Waals surface area contributed by atoms with Crippen LogP contribution in [0.4, 0.5) is 17.6 Å². The Hall–Kier alpha value is -1.63. The highest BCUT2D eigenvalue weighted by Crippen LogP contribution is 2.32. The smallest absolute Gasteiger partial charge is 0.393 e. The van der Waals surface area contributed by atoms with Gasteiger partial charge in [-0.1, -0.05) is 0 Å². The zero-order valence-corrected chi connectivity index (χ0v) is 11.1. The van der Waals surface area contributed by atoms with E-state index < -0.39 is 35.1 Å². The average Bonchev–Trinajstić information content (AvgIpc) is 2.40. The predicted octanol–water partition coefficient (Wildman–Crippen LogP) is 2.88. The van der Waals surface area contributed by atoms with E-state index in [9.17, 15) is 27.5 Å². The zero-order chi connectivity index (χ0) is 15.6. The van der Waals surface area contributed by atoms with Gasteiger partial charge >= 0.3 is 6.18 Å². The second-order valence-electron chi connectivity index (χ2n) is 5.17. The minimum absolute atomic E-state index is 0.271. The predicted molar refractivity (Wildman–Crippen MR) is 67.1 cm³/mol. The number of amides is 1. The number of aliphatic hydroxyl groups excluding tert-OH is 1. The number of benzene rings is 1. The van der Waals surface area contributed by atoms with Gasteiger partial charge in [-0.25, -0.2) is 4.39 Å². The molecule has 0 atom stereocenters. The van der Waals surface area contributed by atoms with E-state index in [0.29, 0.717) is 31.7 Å². The fourth-order valence-corrected chi connectivity index (χ4v) is 2.43. The summed E-state index contributed by atoms with van der Waals surface area (Å²) in [5.74, 6) is -1.91. The number of aliphatic hydroxyl groups is 1. The van der Waals surface area contributed by atoms with Crippen molar-refractivity contribution < 1.29 is 27.5 Å². The van der Waals surface area contributed by atoms with Gasteiger partial charge in [0.2, 0.25) is 0 Å². The van der Waals surface area contributed by atoms with E-state index in [1.165, 1.54) is 0 Å². The van der Waals surface area contributed by atoms with Gasteiger partial charge in [-0.2, -0.15) is 13.2 Å². The third-order valence-corrected chi connectivity index (χ3v) is 3.56. The molecule has 2 rings (SSSR count). The van der Waals surface area contributed by atoms with E-state index in [0.717, 1.165) is 12.1 Å². The topological polar surface area (TPSA) is 49.3 Å². The molecule has 1 saturated carbocycles. The van der Waals surface area contributed by atoms with Crippen molar-refractivity contribution in [1.29, 1.82) is 0 Å². The van der Waals surface area contributed by atoms with Crippen molar-refractivity contribution in [1.82, 2.24) is 5.32 Å². The molecule has 0 aliphatic heterocycles. The highest BCUT2D eigenvalue weighted by Gasteiger charge is 2.36. The van der Waals surface area contributed by atoms with Gasteiger partial charge in [0.1, 0.15) is 5.82 Å². The molecule has 0 unspecified atom stereocenters. The summed E-state index contributed by atoms with van der Waals surface area (Å²) < 4.78 is 51.5. The lowest BCUT2D eigenvalue weighted by Gasteiger charge is -2.26. The molecule has 7 heteroatoms. The SMILES string of the molecule is O=C(NC1CCC(O)CC1)c1ccc(F)cc1C(F)(F)F. The molecule has 1 amide bonds. The first-order valence-corrected chi connectivity index (χ1v) is 6.63. The minimum Gasteiger partial charge on any atom is -0.393 e. The van der Waals surface area contributed by atoms with Crippen molar-refractivity contribution in [2.45, 2.75) is 44.0 Å². The van der Waals surface area contributed by atoms with Crippen LogP contribution in [-0.2, 0) is 6.18 Å². The van der Waals surface area contributed by atoms with Crippen LogP contribution in [0.15, 0.2) is 18.2 Å². The Kier molecular flexibility index (Phi) is 4.51. The Balaban J connectivity index is 2.16. The third kappa shape index (κ3) is 3.93. The molecule has 0 bridgehead atoms. The molecule has 0 radical (unpaired) electrons. The summed E-state index contributed by atoms with van der Waals surface area (Å²) in [6, 6.07) is 1.71. The Morgan fingerprint density at radius 3 is 2.38 bits per heavy atom. The van der Waals surface area contributed by atoms with Crippen LogP contribution in [0.5, 0.6) is 0 Å². The average molecular weight is 305 g/mol. The van der Waals surface area contributed by atoms with Gasteiger partial charge < -0.3 is 10.4 Å².